The van der Waals surface area contributed by atoms with E-state index < -0.39 is 41.3 Å². The smallest absolute Gasteiger partial charge is 0.310 e. The Kier molecular flexibility index (Phi) is 5.73. The van der Waals surface area contributed by atoms with E-state index in [2.05, 4.69) is 15.4 Å². The van der Waals surface area contributed by atoms with Crippen LogP contribution in [0.4, 0.5) is 25.1 Å². The van der Waals surface area contributed by atoms with Crippen LogP contribution in [0.25, 0.3) is 22.6 Å². The summed E-state index contributed by atoms with van der Waals surface area (Å²) in [5, 5.41) is 6.90. The van der Waals surface area contributed by atoms with E-state index >= 15 is 0 Å². The number of halogens is 5. The molecule has 0 atom stereocenters. The normalized spacial score (nSPS) is 14.1. The van der Waals surface area contributed by atoms with Gasteiger partial charge in [-0.15, -0.1) is 0 Å². The van der Waals surface area contributed by atoms with E-state index in [1.54, 1.807) is 52.9 Å². The molecule has 0 saturated heterocycles. The lowest BCUT2D eigenvalue weighted by Gasteiger charge is -2.40. The van der Waals surface area contributed by atoms with Gasteiger partial charge in [-0.1, -0.05) is 25.5 Å². The minimum atomic E-state index is -10.3. The van der Waals surface area contributed by atoms with Gasteiger partial charge in [-0.05, 0) is 55.0 Å². The molecule has 1 amide bonds. The number of hydrogen-bond donors (Lipinski definition) is 1. The molecule has 3 heterocycles. The molecule has 0 unspecified atom stereocenters. The molecule has 5 aromatic rings. The summed E-state index contributed by atoms with van der Waals surface area (Å²) in [6.07, 6.45) is 7.28. The van der Waals surface area contributed by atoms with Crippen molar-refractivity contribution in [2.75, 3.05) is 11.6 Å². The molecule has 0 aliphatic heterocycles. The highest BCUT2D eigenvalue weighted by molar-refractivity contribution is 8.45. The van der Waals surface area contributed by atoms with Crippen molar-refractivity contribution >= 4 is 37.3 Å². The summed E-state index contributed by atoms with van der Waals surface area (Å²) in [5.74, 6) is -1.20. The lowest BCUT2D eigenvalue weighted by molar-refractivity contribution is 0.102. The van der Waals surface area contributed by atoms with Crippen molar-refractivity contribution in [2.45, 2.75) is 16.7 Å². The molecule has 0 aliphatic rings. The lowest BCUT2D eigenvalue weighted by Crippen LogP contribution is -2.16. The predicted octanol–water partition coefficient (Wildman–Crippen LogP) is 6.81. The Bertz CT molecular complexity index is 1920. The van der Waals surface area contributed by atoms with Gasteiger partial charge < -0.3 is 5.32 Å². The van der Waals surface area contributed by atoms with Crippen LogP contribution in [0.5, 0.6) is 0 Å². The van der Waals surface area contributed by atoms with Crippen LogP contribution in [0.3, 0.4) is 0 Å². The standard InChI is InChI=1S/C25H20F5N5O3S2/c1-16-5-6-19(12-23(16)34-8-9-35-24(34)14-22(33-35)17-4-3-7-31-15-17)32-25(36)18-10-20(39(2,37)38)13-21(11-18)40(26,27,28,29)30/h3-15H,1-2H3,(H,32,36). The monoisotopic (exact) mass is 597 g/mol. The van der Waals surface area contributed by atoms with Gasteiger partial charge in [-0.25, -0.2) is 12.9 Å². The van der Waals surface area contributed by atoms with Crippen LogP contribution in [-0.2, 0) is 9.84 Å². The summed E-state index contributed by atoms with van der Waals surface area (Å²) < 4.78 is 94.9. The van der Waals surface area contributed by atoms with Gasteiger partial charge >= 0.3 is 10.2 Å². The molecule has 3 aromatic heterocycles. The number of imidazole rings is 1. The third kappa shape index (κ3) is 5.42. The third-order valence-corrected chi connectivity index (χ3v) is 8.24. The van der Waals surface area contributed by atoms with E-state index in [0.29, 0.717) is 29.4 Å². The van der Waals surface area contributed by atoms with E-state index in [0.717, 1.165) is 11.1 Å². The van der Waals surface area contributed by atoms with Crippen molar-refractivity contribution < 1.29 is 32.6 Å². The molecule has 0 fully saturated rings. The molecule has 0 saturated carbocycles. The van der Waals surface area contributed by atoms with E-state index in [4.69, 9.17) is 0 Å². The Labute approximate surface area is 224 Å². The van der Waals surface area contributed by atoms with Gasteiger partial charge in [0.15, 0.2) is 9.84 Å². The van der Waals surface area contributed by atoms with Crippen LogP contribution < -0.4 is 5.32 Å². The molecule has 5 rings (SSSR count). The largest absolute Gasteiger partial charge is 0.322 e. The number of anilines is 1. The molecule has 8 nitrogen and oxygen atoms in total. The fraction of sp³-hybridized carbons (Fsp3) is 0.0800. The SMILES string of the molecule is Cc1ccc(NC(=O)c2cc(S(C)(=O)=O)cc(S(F)(F)(F)(F)F)c2)cc1-n1ccn2nc(-c3cccnc3)cc12. The summed E-state index contributed by atoms with van der Waals surface area (Å²) in [6, 6.07) is 10.5. The van der Waals surface area contributed by atoms with Crippen molar-refractivity contribution in [3.8, 4) is 16.9 Å². The van der Waals surface area contributed by atoms with Crippen molar-refractivity contribution in [1.82, 2.24) is 19.2 Å². The Morgan fingerprint density at radius 3 is 2.38 bits per heavy atom. The molecule has 15 heteroatoms. The maximum absolute atomic E-state index is 13.5. The first-order valence-electron chi connectivity index (χ1n) is 11.4. The van der Waals surface area contributed by atoms with Crippen LogP contribution in [0, 0.1) is 6.92 Å². The Balaban J connectivity index is 1.52. The van der Waals surface area contributed by atoms with Gasteiger partial charge in [0, 0.05) is 53.9 Å². The van der Waals surface area contributed by atoms with Crippen LogP contribution in [0.2, 0.25) is 0 Å². The maximum Gasteiger partial charge on any atom is 0.310 e. The number of benzene rings is 2. The number of carbonyl (C=O) groups is 1. The quantitative estimate of drug-likeness (QED) is 0.217. The highest BCUT2D eigenvalue weighted by Crippen LogP contribution is 3.02. The average Bonchev–Trinajstić information content (AvgIpc) is 3.45. The first-order chi connectivity index (χ1) is 18.4. The van der Waals surface area contributed by atoms with Gasteiger partial charge in [0.25, 0.3) is 5.91 Å². The molecule has 1 N–H and O–H groups in total. The van der Waals surface area contributed by atoms with Crippen LogP contribution >= 0.6 is 10.2 Å². The molecule has 2 aromatic carbocycles. The van der Waals surface area contributed by atoms with Crippen LogP contribution in [0.1, 0.15) is 15.9 Å². The number of hydrogen-bond acceptors (Lipinski definition) is 5. The first kappa shape index (κ1) is 27.3. The van der Waals surface area contributed by atoms with E-state index in [9.17, 15) is 32.6 Å². The number of fused-ring (bicyclic) bond motifs is 1. The highest BCUT2D eigenvalue weighted by atomic mass is 32.5. The van der Waals surface area contributed by atoms with Crippen molar-refractivity contribution in [3.05, 3.63) is 90.5 Å². The number of nitrogens with zero attached hydrogens (tertiary/aromatic N) is 4. The number of aromatic nitrogens is 4. The van der Waals surface area contributed by atoms with Gasteiger partial charge in [-0.2, -0.15) is 5.10 Å². The summed E-state index contributed by atoms with van der Waals surface area (Å²) >= 11 is 0. The van der Waals surface area contributed by atoms with Crippen LogP contribution in [-0.4, -0.2) is 39.7 Å². The minimum absolute atomic E-state index is 0.0532. The average molecular weight is 598 g/mol. The summed E-state index contributed by atoms with van der Waals surface area (Å²) in [5.41, 5.74) is 2.69. The topological polar surface area (TPSA) is 98.4 Å². The lowest BCUT2D eigenvalue weighted by atomic mass is 10.1. The predicted molar refractivity (Wildman–Crippen MR) is 141 cm³/mol. The Morgan fingerprint density at radius 2 is 1.73 bits per heavy atom. The molecular formula is C25H20F5N5O3S2. The van der Waals surface area contributed by atoms with Crippen molar-refractivity contribution in [3.63, 3.8) is 0 Å². The molecule has 40 heavy (non-hydrogen) atoms. The second kappa shape index (κ2) is 8.38. The van der Waals surface area contributed by atoms with E-state index in [1.807, 2.05) is 12.1 Å². The van der Waals surface area contributed by atoms with Crippen molar-refractivity contribution in [1.29, 1.82) is 0 Å². The number of amides is 1. The Hall–Kier alpha value is -4.24. The summed E-state index contributed by atoms with van der Waals surface area (Å²) in [4.78, 5) is 13.5. The summed E-state index contributed by atoms with van der Waals surface area (Å²) in [7, 11) is -14.7. The third-order valence-electron chi connectivity index (χ3n) is 6.02. The molecule has 0 bridgehead atoms. The molecule has 0 radical (unpaired) electrons. The number of pyridine rings is 1. The molecule has 0 spiro atoms. The zero-order chi connectivity index (χ0) is 29.2. The maximum atomic E-state index is 13.5. The highest BCUT2D eigenvalue weighted by Gasteiger charge is 2.65. The molecular weight excluding hydrogens is 577 g/mol. The van der Waals surface area contributed by atoms with Crippen LogP contribution in [0.15, 0.2) is 89.2 Å². The fourth-order valence-electron chi connectivity index (χ4n) is 4.03. The fourth-order valence-corrected chi connectivity index (χ4v) is 5.49. The number of rotatable bonds is 6. The summed E-state index contributed by atoms with van der Waals surface area (Å²) in [6.45, 7) is 1.80. The molecule has 210 valence electrons. The van der Waals surface area contributed by atoms with Gasteiger partial charge in [0.2, 0.25) is 0 Å². The second-order valence-electron chi connectivity index (χ2n) is 9.13. The Morgan fingerprint density at radius 1 is 0.975 bits per heavy atom. The second-order valence-corrected chi connectivity index (χ2v) is 13.6. The minimum Gasteiger partial charge on any atom is -0.322 e. The number of nitrogens with one attached hydrogen (secondary N) is 1. The van der Waals surface area contributed by atoms with Crippen molar-refractivity contribution in [2.24, 2.45) is 0 Å². The van der Waals surface area contributed by atoms with Gasteiger partial charge in [0.05, 0.1) is 16.3 Å². The number of carbonyl (C=O) groups excluding carboxylic acids is 1. The zero-order valence-corrected chi connectivity index (χ0v) is 22.4. The van der Waals surface area contributed by atoms with E-state index in [-0.39, 0.29) is 17.8 Å². The van der Waals surface area contributed by atoms with E-state index in [1.165, 1.54) is 12.1 Å². The molecule has 0 aliphatic carbocycles. The number of aryl methyl sites for hydroxylation is 1. The van der Waals surface area contributed by atoms with Gasteiger partial charge in [-0.3, -0.25) is 14.3 Å². The van der Waals surface area contributed by atoms with Gasteiger partial charge in [0.1, 0.15) is 10.5 Å². The first-order valence-corrected chi connectivity index (χ1v) is 15.2. The zero-order valence-electron chi connectivity index (χ0n) is 20.7. The number of sulfone groups is 1.